The van der Waals surface area contributed by atoms with Crippen molar-refractivity contribution in [3.63, 3.8) is 0 Å². The summed E-state index contributed by atoms with van der Waals surface area (Å²) in [4.78, 5) is 4.23. The van der Waals surface area contributed by atoms with Gasteiger partial charge in [-0.2, -0.15) is 0 Å². The molecular weight excluding hydrogens is 164 g/mol. The highest BCUT2D eigenvalue weighted by molar-refractivity contribution is 5.80. The zero-order valence-corrected chi connectivity index (χ0v) is 8.28. The lowest BCUT2D eigenvalue weighted by atomic mass is 10.2. The largest absolute Gasteiger partial charge is 0.386 e. The summed E-state index contributed by atoms with van der Waals surface area (Å²) in [5, 5.41) is 7.34. The van der Waals surface area contributed by atoms with Crippen LogP contribution < -0.4 is 5.73 Å². The second-order valence-corrected chi connectivity index (χ2v) is 3.48. The molecule has 3 N–H and O–H groups in total. The van der Waals surface area contributed by atoms with Crippen LogP contribution in [-0.4, -0.2) is 15.4 Å². The Morgan fingerprint density at radius 3 is 2.62 bits per heavy atom. The van der Waals surface area contributed by atoms with E-state index in [0.717, 1.165) is 5.82 Å². The van der Waals surface area contributed by atoms with E-state index in [9.17, 15) is 0 Å². The van der Waals surface area contributed by atoms with Crippen molar-refractivity contribution in [3.8, 4) is 0 Å². The minimum atomic E-state index is -0.0973. The first-order chi connectivity index (χ1) is 6.04. The lowest BCUT2D eigenvalue weighted by Gasteiger charge is -2.16. The van der Waals surface area contributed by atoms with Crippen molar-refractivity contribution in [2.75, 3.05) is 0 Å². The van der Waals surface area contributed by atoms with Gasteiger partial charge in [0.25, 0.3) is 0 Å². The summed E-state index contributed by atoms with van der Waals surface area (Å²) >= 11 is 0. The number of nitrogens with one attached hydrogen (secondary N) is 1. The monoisotopic (exact) mass is 180 g/mol. The molecule has 0 radical (unpaired) electrons. The smallest absolute Gasteiger partial charge is 0.114 e. The molecule has 1 heterocycles. The maximum Gasteiger partial charge on any atom is 0.114 e. The first kappa shape index (κ1) is 9.77. The van der Waals surface area contributed by atoms with Crippen LogP contribution in [-0.2, 0) is 0 Å². The average molecular weight is 180 g/mol. The zero-order chi connectivity index (χ0) is 10.0. The first-order valence-corrected chi connectivity index (χ1v) is 4.40. The third-order valence-corrected chi connectivity index (χ3v) is 2.08. The Bertz CT molecular complexity index is 300. The summed E-state index contributed by atoms with van der Waals surface area (Å²) in [5.74, 6) is 1.50. The van der Waals surface area contributed by atoms with E-state index in [2.05, 4.69) is 18.8 Å². The lowest BCUT2D eigenvalue weighted by Crippen LogP contribution is -2.24. The van der Waals surface area contributed by atoms with Gasteiger partial charge in [-0.1, -0.05) is 13.8 Å². The quantitative estimate of drug-likeness (QED) is 0.546. The second-order valence-electron chi connectivity index (χ2n) is 3.48. The molecule has 72 valence electrons. The van der Waals surface area contributed by atoms with E-state index in [1.807, 2.05) is 17.7 Å². The lowest BCUT2D eigenvalue weighted by molar-refractivity contribution is 0.610. The number of rotatable bonds is 3. The summed E-state index contributed by atoms with van der Waals surface area (Å²) < 4.78 is 1.94. The fourth-order valence-corrected chi connectivity index (χ4v) is 1.25. The normalized spacial score (nSPS) is 13.2. The standard InChI is InChI=1S/C9H16N4/c1-6(2)9-12-4-5-13(9)7(3)8(10)11/h4-7H,1-3H3,(H3,10,11). The number of imidazole rings is 1. The SMILES string of the molecule is CC(C)c1nccn1C(C)C(=N)N. The summed E-state index contributed by atoms with van der Waals surface area (Å²) in [6.45, 7) is 6.05. The molecule has 1 aromatic heterocycles. The zero-order valence-electron chi connectivity index (χ0n) is 8.28. The molecule has 1 unspecified atom stereocenters. The number of hydrogen-bond acceptors (Lipinski definition) is 2. The van der Waals surface area contributed by atoms with Crippen LogP contribution in [0.5, 0.6) is 0 Å². The van der Waals surface area contributed by atoms with Gasteiger partial charge < -0.3 is 10.3 Å². The summed E-state index contributed by atoms with van der Waals surface area (Å²) in [6.07, 6.45) is 3.61. The Hall–Kier alpha value is -1.32. The first-order valence-electron chi connectivity index (χ1n) is 4.40. The number of nitrogens with two attached hydrogens (primary N) is 1. The molecule has 13 heavy (non-hydrogen) atoms. The molecule has 1 rings (SSSR count). The summed E-state index contributed by atoms with van der Waals surface area (Å²) in [6, 6.07) is -0.0973. The molecule has 0 aliphatic rings. The van der Waals surface area contributed by atoms with Gasteiger partial charge in [0.15, 0.2) is 0 Å². The fourth-order valence-electron chi connectivity index (χ4n) is 1.25. The van der Waals surface area contributed by atoms with Gasteiger partial charge >= 0.3 is 0 Å². The van der Waals surface area contributed by atoms with E-state index in [-0.39, 0.29) is 11.9 Å². The van der Waals surface area contributed by atoms with Crippen molar-refractivity contribution in [1.82, 2.24) is 9.55 Å². The Morgan fingerprint density at radius 2 is 2.15 bits per heavy atom. The average Bonchev–Trinajstić information content (AvgIpc) is 2.50. The van der Waals surface area contributed by atoms with Gasteiger partial charge in [0.1, 0.15) is 11.7 Å². The molecule has 0 spiro atoms. The summed E-state index contributed by atoms with van der Waals surface area (Å²) in [5.41, 5.74) is 5.43. The molecule has 0 aromatic carbocycles. The maximum absolute atomic E-state index is 7.34. The van der Waals surface area contributed by atoms with Crippen LogP contribution >= 0.6 is 0 Å². The van der Waals surface area contributed by atoms with Crippen LogP contribution in [0.4, 0.5) is 0 Å². The van der Waals surface area contributed by atoms with Crippen LogP contribution in [0.1, 0.15) is 38.6 Å². The molecule has 1 atom stereocenters. The Labute approximate surface area is 78.3 Å². The third-order valence-electron chi connectivity index (χ3n) is 2.08. The van der Waals surface area contributed by atoms with E-state index in [1.54, 1.807) is 6.20 Å². The number of aromatic nitrogens is 2. The maximum atomic E-state index is 7.34. The molecule has 0 aliphatic heterocycles. The minimum Gasteiger partial charge on any atom is -0.386 e. The number of nitrogens with zero attached hydrogens (tertiary/aromatic N) is 2. The van der Waals surface area contributed by atoms with Crippen molar-refractivity contribution in [1.29, 1.82) is 5.41 Å². The van der Waals surface area contributed by atoms with Gasteiger partial charge in [0.05, 0.1) is 6.04 Å². The van der Waals surface area contributed by atoms with Crippen molar-refractivity contribution < 1.29 is 0 Å². The molecule has 0 fully saturated rings. The van der Waals surface area contributed by atoms with Gasteiger partial charge in [-0.05, 0) is 6.92 Å². The Kier molecular flexibility index (Phi) is 2.70. The molecule has 4 heteroatoms. The highest BCUT2D eigenvalue weighted by Crippen LogP contribution is 2.16. The van der Waals surface area contributed by atoms with E-state index in [1.165, 1.54) is 0 Å². The Balaban J connectivity index is 3.00. The van der Waals surface area contributed by atoms with Gasteiger partial charge in [-0.25, -0.2) is 4.98 Å². The molecule has 1 aromatic rings. The molecule has 4 nitrogen and oxygen atoms in total. The van der Waals surface area contributed by atoms with E-state index >= 15 is 0 Å². The number of amidine groups is 1. The van der Waals surface area contributed by atoms with Crippen LogP contribution in [0.3, 0.4) is 0 Å². The van der Waals surface area contributed by atoms with Crippen LogP contribution in [0.25, 0.3) is 0 Å². The topological polar surface area (TPSA) is 67.7 Å². The fraction of sp³-hybridized carbons (Fsp3) is 0.556. The molecule has 0 saturated carbocycles. The van der Waals surface area contributed by atoms with Gasteiger partial charge in [0.2, 0.25) is 0 Å². The van der Waals surface area contributed by atoms with Crippen LogP contribution in [0.2, 0.25) is 0 Å². The van der Waals surface area contributed by atoms with E-state index in [4.69, 9.17) is 11.1 Å². The van der Waals surface area contributed by atoms with Crippen molar-refractivity contribution in [2.45, 2.75) is 32.7 Å². The molecular formula is C9H16N4. The van der Waals surface area contributed by atoms with Gasteiger partial charge in [-0.15, -0.1) is 0 Å². The van der Waals surface area contributed by atoms with Gasteiger partial charge in [0, 0.05) is 18.3 Å². The highest BCUT2D eigenvalue weighted by Gasteiger charge is 2.13. The van der Waals surface area contributed by atoms with Crippen molar-refractivity contribution >= 4 is 5.84 Å². The third kappa shape index (κ3) is 1.88. The van der Waals surface area contributed by atoms with Crippen LogP contribution in [0.15, 0.2) is 12.4 Å². The second kappa shape index (κ2) is 3.60. The van der Waals surface area contributed by atoms with E-state index < -0.39 is 0 Å². The summed E-state index contributed by atoms with van der Waals surface area (Å²) in [7, 11) is 0. The Morgan fingerprint density at radius 1 is 1.54 bits per heavy atom. The minimum absolute atomic E-state index is 0.0973. The highest BCUT2D eigenvalue weighted by atomic mass is 15.1. The van der Waals surface area contributed by atoms with Crippen molar-refractivity contribution in [2.24, 2.45) is 5.73 Å². The van der Waals surface area contributed by atoms with Crippen molar-refractivity contribution in [3.05, 3.63) is 18.2 Å². The predicted molar refractivity (Wildman–Crippen MR) is 52.9 cm³/mol. The molecule has 0 saturated heterocycles. The van der Waals surface area contributed by atoms with E-state index in [0.29, 0.717) is 5.92 Å². The molecule has 0 amide bonds. The predicted octanol–water partition coefficient (Wildman–Crippen LogP) is 1.50. The van der Waals surface area contributed by atoms with Gasteiger partial charge in [-0.3, -0.25) is 5.41 Å². The van der Waals surface area contributed by atoms with Crippen LogP contribution in [0, 0.1) is 5.41 Å². The molecule has 0 bridgehead atoms. The number of hydrogen-bond donors (Lipinski definition) is 2. The molecule has 0 aliphatic carbocycles.